The van der Waals surface area contributed by atoms with Crippen molar-refractivity contribution >= 4 is 27.0 Å². The molecule has 0 fully saturated rings. The van der Waals surface area contributed by atoms with Crippen LogP contribution in [0.5, 0.6) is 0 Å². The molecule has 1 heterocycles. The van der Waals surface area contributed by atoms with E-state index < -0.39 is 10.0 Å². The molecule has 0 saturated heterocycles. The molecule has 1 aromatic heterocycles. The van der Waals surface area contributed by atoms with Gasteiger partial charge in [-0.3, -0.25) is 0 Å². The Balaban J connectivity index is 2.09. The number of aryl methyl sites for hydroxylation is 2. The number of hydrogen-bond donors (Lipinski definition) is 0. The van der Waals surface area contributed by atoms with E-state index in [1.54, 1.807) is 18.2 Å². The lowest BCUT2D eigenvalue weighted by atomic mass is 10.0. The Kier molecular flexibility index (Phi) is 4.44. The molecule has 0 aliphatic carbocycles. The van der Waals surface area contributed by atoms with Gasteiger partial charge in [0, 0.05) is 10.9 Å². The number of benzene rings is 3. The lowest BCUT2D eigenvalue weighted by Gasteiger charge is -2.11. The van der Waals surface area contributed by atoms with E-state index in [1.807, 2.05) is 74.5 Å². The van der Waals surface area contributed by atoms with Gasteiger partial charge < -0.3 is 0 Å². The van der Waals surface area contributed by atoms with Crippen molar-refractivity contribution in [3.8, 4) is 11.1 Å². The van der Waals surface area contributed by atoms with Crippen LogP contribution in [0.15, 0.2) is 84.3 Å². The fraction of sp³-hybridized carbons (Fsp3) is 0.0833. The van der Waals surface area contributed by atoms with Crippen LogP contribution in [0.1, 0.15) is 16.8 Å². The van der Waals surface area contributed by atoms with E-state index in [1.165, 1.54) is 3.97 Å². The average Bonchev–Trinajstić information content (AvgIpc) is 3.04. The highest BCUT2D eigenvalue weighted by molar-refractivity contribution is 7.90. The second-order valence-corrected chi connectivity index (χ2v) is 8.72. The van der Waals surface area contributed by atoms with Crippen LogP contribution in [-0.2, 0) is 10.0 Å². The van der Waals surface area contributed by atoms with E-state index in [-0.39, 0.29) is 4.90 Å². The topological polar surface area (TPSA) is 39.1 Å². The van der Waals surface area contributed by atoms with Gasteiger partial charge in [-0.15, -0.1) is 0 Å². The Bertz CT molecular complexity index is 1280. The summed E-state index contributed by atoms with van der Waals surface area (Å²) in [6, 6.07) is 22.6. The van der Waals surface area contributed by atoms with E-state index in [4.69, 9.17) is 0 Å². The lowest BCUT2D eigenvalue weighted by molar-refractivity contribution is 0.589. The molecule has 0 aliphatic rings. The largest absolute Gasteiger partial charge is 0.268 e. The summed E-state index contributed by atoms with van der Waals surface area (Å²) in [4.78, 5) is 0.261. The fourth-order valence-corrected chi connectivity index (χ4v) is 5.05. The van der Waals surface area contributed by atoms with Gasteiger partial charge in [0.1, 0.15) is 0 Å². The van der Waals surface area contributed by atoms with Crippen LogP contribution in [0.3, 0.4) is 0 Å². The highest BCUT2D eigenvalue weighted by Gasteiger charge is 2.26. The molecule has 4 rings (SSSR count). The molecule has 0 unspecified atom stereocenters. The molecule has 0 N–H and O–H groups in total. The number of fused-ring (bicyclic) bond motifs is 1. The summed E-state index contributed by atoms with van der Waals surface area (Å²) in [5.74, 6) is 0. The molecule has 3 nitrogen and oxygen atoms in total. The summed E-state index contributed by atoms with van der Waals surface area (Å²) in [6.07, 6.45) is 1.63. The summed E-state index contributed by atoms with van der Waals surface area (Å²) < 4.78 is 28.5. The van der Waals surface area contributed by atoms with Crippen LogP contribution in [0, 0.1) is 13.8 Å². The minimum Gasteiger partial charge on any atom is -0.233 e. The highest BCUT2D eigenvalue weighted by atomic mass is 32.2. The van der Waals surface area contributed by atoms with Gasteiger partial charge in [-0.05, 0) is 43.7 Å². The molecule has 28 heavy (non-hydrogen) atoms. The van der Waals surface area contributed by atoms with Gasteiger partial charge in [0.25, 0.3) is 10.0 Å². The maximum Gasteiger partial charge on any atom is 0.268 e. The van der Waals surface area contributed by atoms with Gasteiger partial charge in [-0.25, -0.2) is 12.4 Å². The molecular formula is C24H21NO2S. The van der Waals surface area contributed by atoms with Crippen molar-refractivity contribution in [1.29, 1.82) is 0 Å². The quantitative estimate of drug-likeness (QED) is 0.443. The first-order chi connectivity index (χ1) is 13.4. The molecule has 3 aromatic carbocycles. The summed E-state index contributed by atoms with van der Waals surface area (Å²) in [5, 5.41) is 0.886. The zero-order chi connectivity index (χ0) is 19.9. The van der Waals surface area contributed by atoms with Crippen LogP contribution in [0.2, 0.25) is 0 Å². The fourth-order valence-electron chi connectivity index (χ4n) is 3.51. The summed E-state index contributed by atoms with van der Waals surface area (Å²) >= 11 is 0. The molecule has 140 valence electrons. The molecule has 0 aliphatic heterocycles. The van der Waals surface area contributed by atoms with Crippen molar-refractivity contribution in [2.24, 2.45) is 0 Å². The smallest absolute Gasteiger partial charge is 0.233 e. The molecule has 4 heteroatoms. The third kappa shape index (κ3) is 2.86. The first kappa shape index (κ1) is 18.3. The second-order valence-electron chi connectivity index (χ2n) is 6.93. The molecule has 0 radical (unpaired) electrons. The zero-order valence-electron chi connectivity index (χ0n) is 15.9. The molecule has 0 bridgehead atoms. The lowest BCUT2D eigenvalue weighted by Crippen LogP contribution is -2.14. The van der Waals surface area contributed by atoms with Gasteiger partial charge in [-0.1, -0.05) is 72.3 Å². The van der Waals surface area contributed by atoms with Gasteiger partial charge in [0.2, 0.25) is 0 Å². The van der Waals surface area contributed by atoms with Gasteiger partial charge >= 0.3 is 0 Å². The van der Waals surface area contributed by atoms with Crippen LogP contribution in [0.25, 0.3) is 28.1 Å². The predicted octanol–water partition coefficient (Wildman–Crippen LogP) is 5.81. The van der Waals surface area contributed by atoms with Crippen molar-refractivity contribution in [2.75, 3.05) is 0 Å². The Morgan fingerprint density at radius 3 is 2.00 bits per heavy atom. The van der Waals surface area contributed by atoms with Crippen molar-refractivity contribution in [2.45, 2.75) is 18.7 Å². The van der Waals surface area contributed by atoms with E-state index in [2.05, 4.69) is 6.58 Å². The van der Waals surface area contributed by atoms with Crippen molar-refractivity contribution in [3.63, 3.8) is 0 Å². The molecular weight excluding hydrogens is 366 g/mol. The predicted molar refractivity (Wildman–Crippen MR) is 116 cm³/mol. The Morgan fingerprint density at radius 1 is 0.821 bits per heavy atom. The normalized spacial score (nSPS) is 11.6. The number of nitrogens with zero attached hydrogens (tertiary/aromatic N) is 1. The van der Waals surface area contributed by atoms with Crippen LogP contribution < -0.4 is 0 Å². The van der Waals surface area contributed by atoms with Crippen LogP contribution in [0.4, 0.5) is 0 Å². The van der Waals surface area contributed by atoms with Crippen molar-refractivity contribution < 1.29 is 8.42 Å². The summed E-state index contributed by atoms with van der Waals surface area (Å²) in [5.41, 5.74) is 5.23. The molecule has 4 aromatic rings. The van der Waals surface area contributed by atoms with Gasteiger partial charge in [0.15, 0.2) is 0 Å². The van der Waals surface area contributed by atoms with Crippen molar-refractivity contribution in [3.05, 3.63) is 96.2 Å². The van der Waals surface area contributed by atoms with E-state index in [0.29, 0.717) is 11.2 Å². The Labute approximate surface area is 165 Å². The standard InChI is InChI=1S/C24H21NO2S/c1-4-22-24(19-13-9-17(2)10-14-19)21-7-5-6-8-23(21)25(22)28(26,27)20-15-11-18(3)12-16-20/h4-16H,1H2,2-3H3. The summed E-state index contributed by atoms with van der Waals surface area (Å²) in [7, 11) is -3.78. The molecule has 0 spiro atoms. The molecule has 0 amide bonds. The first-order valence-corrected chi connectivity index (χ1v) is 10.5. The SMILES string of the molecule is C=Cc1c(-c2ccc(C)cc2)c2ccccc2n1S(=O)(=O)c1ccc(C)cc1. The first-order valence-electron chi connectivity index (χ1n) is 9.08. The second kappa shape index (κ2) is 6.80. The van der Waals surface area contributed by atoms with E-state index in [0.717, 1.165) is 27.6 Å². The highest BCUT2D eigenvalue weighted by Crippen LogP contribution is 2.38. The molecule has 0 atom stereocenters. The number of para-hydroxylation sites is 1. The maximum atomic E-state index is 13.6. The van der Waals surface area contributed by atoms with E-state index >= 15 is 0 Å². The Morgan fingerprint density at radius 2 is 1.39 bits per heavy atom. The Hall–Kier alpha value is -3.11. The number of rotatable bonds is 4. The maximum absolute atomic E-state index is 13.6. The minimum absolute atomic E-state index is 0.261. The third-order valence-electron chi connectivity index (χ3n) is 4.96. The average molecular weight is 388 g/mol. The third-order valence-corrected chi connectivity index (χ3v) is 6.70. The number of aromatic nitrogens is 1. The zero-order valence-corrected chi connectivity index (χ0v) is 16.7. The molecule has 0 saturated carbocycles. The van der Waals surface area contributed by atoms with E-state index in [9.17, 15) is 8.42 Å². The van der Waals surface area contributed by atoms with Crippen LogP contribution in [-0.4, -0.2) is 12.4 Å². The number of hydrogen-bond acceptors (Lipinski definition) is 2. The van der Waals surface area contributed by atoms with Crippen molar-refractivity contribution in [1.82, 2.24) is 3.97 Å². The van der Waals surface area contributed by atoms with Gasteiger partial charge in [0.05, 0.1) is 16.1 Å². The van der Waals surface area contributed by atoms with Gasteiger partial charge in [-0.2, -0.15) is 0 Å². The summed E-state index contributed by atoms with van der Waals surface area (Å²) in [6.45, 7) is 7.89. The minimum atomic E-state index is -3.78. The van der Waals surface area contributed by atoms with Crippen LogP contribution >= 0.6 is 0 Å². The monoisotopic (exact) mass is 387 g/mol.